The number of carbonyl (C=O) groups is 3. The highest BCUT2D eigenvalue weighted by Gasteiger charge is 2.30. The van der Waals surface area contributed by atoms with Crippen molar-refractivity contribution in [2.75, 3.05) is 25.5 Å². The van der Waals surface area contributed by atoms with E-state index in [0.29, 0.717) is 43.4 Å². The number of hydrogen-bond acceptors (Lipinski definition) is 6. The van der Waals surface area contributed by atoms with Crippen LogP contribution in [0.25, 0.3) is 0 Å². The molecule has 0 aliphatic carbocycles. The molecule has 156 valence electrons. The third-order valence-electron chi connectivity index (χ3n) is 5.03. The number of hydrogen-bond donors (Lipinski definition) is 0. The largest absolute Gasteiger partial charge is 0.486 e. The number of para-hydroxylation sites is 1. The lowest BCUT2D eigenvalue weighted by Crippen LogP contribution is -2.31. The Kier molecular flexibility index (Phi) is 5.94. The van der Waals surface area contributed by atoms with Crippen LogP contribution >= 0.6 is 11.8 Å². The highest BCUT2D eigenvalue weighted by atomic mass is 32.2. The summed E-state index contributed by atoms with van der Waals surface area (Å²) in [5.41, 5.74) is 2.15. The van der Waals surface area contributed by atoms with Crippen LogP contribution in [0.1, 0.15) is 28.4 Å². The van der Waals surface area contributed by atoms with Gasteiger partial charge in [0.1, 0.15) is 13.2 Å². The molecule has 1 fully saturated rings. The minimum absolute atomic E-state index is 0.123. The molecule has 7 nitrogen and oxygen atoms in total. The molecule has 0 spiro atoms. The molecule has 0 unspecified atom stereocenters. The van der Waals surface area contributed by atoms with E-state index in [1.807, 2.05) is 31.2 Å². The molecule has 8 heteroatoms. The van der Waals surface area contributed by atoms with Crippen LogP contribution < -0.4 is 9.47 Å². The number of rotatable bonds is 6. The van der Waals surface area contributed by atoms with E-state index >= 15 is 0 Å². The average molecular weight is 426 g/mol. The highest BCUT2D eigenvalue weighted by molar-refractivity contribution is 8.14. The molecule has 2 aliphatic heterocycles. The third-order valence-corrected chi connectivity index (χ3v) is 5.89. The van der Waals surface area contributed by atoms with Crippen molar-refractivity contribution in [2.24, 2.45) is 0 Å². The maximum absolute atomic E-state index is 13.2. The number of benzene rings is 2. The quantitative estimate of drug-likeness (QED) is 0.705. The van der Waals surface area contributed by atoms with Crippen LogP contribution in [-0.2, 0) is 17.9 Å². The summed E-state index contributed by atoms with van der Waals surface area (Å²) in [6, 6.07) is 12.8. The fourth-order valence-electron chi connectivity index (χ4n) is 3.49. The first kappa shape index (κ1) is 20.3. The van der Waals surface area contributed by atoms with Crippen molar-refractivity contribution in [3.8, 4) is 11.5 Å². The van der Waals surface area contributed by atoms with Crippen molar-refractivity contribution >= 4 is 28.8 Å². The standard InChI is InChI=1S/C22H22N2O5S/c1-2-23(13-17-7-4-8-18-20(17)29-10-9-28-18)21(26)16-6-3-5-15(11-16)12-24-19(25)14-30-22(24)27/h3-8,11H,2,9-10,12-14H2,1H3. The molecule has 3 amide bonds. The van der Waals surface area contributed by atoms with Gasteiger partial charge in [-0.05, 0) is 30.7 Å². The summed E-state index contributed by atoms with van der Waals surface area (Å²) in [7, 11) is 0. The summed E-state index contributed by atoms with van der Waals surface area (Å²) in [5.74, 6) is 1.23. The van der Waals surface area contributed by atoms with Gasteiger partial charge < -0.3 is 14.4 Å². The lowest BCUT2D eigenvalue weighted by Gasteiger charge is -2.25. The lowest BCUT2D eigenvalue weighted by atomic mass is 10.1. The van der Waals surface area contributed by atoms with E-state index in [0.717, 1.165) is 22.9 Å². The van der Waals surface area contributed by atoms with E-state index < -0.39 is 0 Å². The zero-order chi connectivity index (χ0) is 21.1. The van der Waals surface area contributed by atoms with Crippen LogP contribution in [0.5, 0.6) is 11.5 Å². The molecule has 30 heavy (non-hydrogen) atoms. The molecule has 0 atom stereocenters. The Bertz CT molecular complexity index is 977. The summed E-state index contributed by atoms with van der Waals surface area (Å²) in [6.07, 6.45) is 0. The number of nitrogens with zero attached hydrogens (tertiary/aromatic N) is 2. The second-order valence-corrected chi connectivity index (χ2v) is 7.92. The predicted molar refractivity (Wildman–Crippen MR) is 113 cm³/mol. The monoisotopic (exact) mass is 426 g/mol. The second kappa shape index (κ2) is 8.79. The Labute approximate surface area is 178 Å². The summed E-state index contributed by atoms with van der Waals surface area (Å²) in [4.78, 5) is 39.8. The van der Waals surface area contributed by atoms with Gasteiger partial charge in [-0.15, -0.1) is 0 Å². The predicted octanol–water partition coefficient (Wildman–Crippen LogP) is 3.32. The molecular weight excluding hydrogens is 404 g/mol. The first-order chi connectivity index (χ1) is 14.6. The number of fused-ring (bicyclic) bond motifs is 1. The molecule has 2 heterocycles. The van der Waals surface area contributed by atoms with Crippen LogP contribution in [0.4, 0.5) is 4.79 Å². The summed E-state index contributed by atoms with van der Waals surface area (Å²) in [6.45, 7) is 4.01. The van der Waals surface area contributed by atoms with Gasteiger partial charge in [0.05, 0.1) is 12.3 Å². The van der Waals surface area contributed by atoms with E-state index in [-0.39, 0.29) is 29.4 Å². The molecule has 0 radical (unpaired) electrons. The van der Waals surface area contributed by atoms with Gasteiger partial charge in [-0.25, -0.2) is 0 Å². The summed E-state index contributed by atoms with van der Waals surface area (Å²) < 4.78 is 11.4. The molecule has 4 rings (SSSR count). The number of thioether (sulfide) groups is 1. The van der Waals surface area contributed by atoms with Crippen molar-refractivity contribution in [1.82, 2.24) is 9.80 Å². The molecule has 0 N–H and O–H groups in total. The molecule has 2 aliphatic rings. The molecule has 0 bridgehead atoms. The van der Waals surface area contributed by atoms with Crippen molar-refractivity contribution in [3.05, 3.63) is 59.2 Å². The summed E-state index contributed by atoms with van der Waals surface area (Å²) >= 11 is 1.00. The van der Waals surface area contributed by atoms with Crippen molar-refractivity contribution in [1.29, 1.82) is 0 Å². The van der Waals surface area contributed by atoms with Gasteiger partial charge in [0, 0.05) is 24.2 Å². The van der Waals surface area contributed by atoms with E-state index in [1.165, 1.54) is 4.90 Å². The van der Waals surface area contributed by atoms with Gasteiger partial charge in [0.25, 0.3) is 11.1 Å². The smallest absolute Gasteiger partial charge is 0.289 e. The Hall–Kier alpha value is -3.00. The van der Waals surface area contributed by atoms with Crippen molar-refractivity contribution < 1.29 is 23.9 Å². The number of imide groups is 1. The third kappa shape index (κ3) is 4.14. The Morgan fingerprint density at radius 1 is 1.13 bits per heavy atom. The fourth-order valence-corrected chi connectivity index (χ4v) is 4.22. The Morgan fingerprint density at radius 2 is 1.93 bits per heavy atom. The zero-order valence-corrected chi connectivity index (χ0v) is 17.4. The van der Waals surface area contributed by atoms with Gasteiger partial charge in [0.2, 0.25) is 5.91 Å². The Morgan fingerprint density at radius 3 is 2.70 bits per heavy atom. The molecular formula is C22H22N2O5S. The first-order valence-electron chi connectivity index (χ1n) is 9.79. The number of amides is 3. The number of ether oxygens (including phenoxy) is 2. The van der Waals surface area contributed by atoms with E-state index in [1.54, 1.807) is 23.1 Å². The maximum atomic E-state index is 13.2. The summed E-state index contributed by atoms with van der Waals surface area (Å²) in [5, 5.41) is -0.247. The van der Waals surface area contributed by atoms with Crippen LogP contribution in [0, 0.1) is 0 Å². The zero-order valence-electron chi connectivity index (χ0n) is 16.6. The van der Waals surface area contributed by atoms with Crippen LogP contribution in [-0.4, -0.2) is 52.4 Å². The normalized spacial score (nSPS) is 15.4. The SMILES string of the molecule is CCN(Cc1cccc2c1OCCO2)C(=O)c1cccc(CN2C(=O)CSC2=O)c1. The van der Waals surface area contributed by atoms with Crippen LogP contribution in [0.2, 0.25) is 0 Å². The van der Waals surface area contributed by atoms with E-state index in [9.17, 15) is 14.4 Å². The van der Waals surface area contributed by atoms with Crippen molar-refractivity contribution in [2.45, 2.75) is 20.0 Å². The van der Waals surface area contributed by atoms with Crippen LogP contribution in [0.15, 0.2) is 42.5 Å². The van der Waals surface area contributed by atoms with Gasteiger partial charge in [-0.2, -0.15) is 0 Å². The van der Waals surface area contributed by atoms with Gasteiger partial charge in [0.15, 0.2) is 11.5 Å². The van der Waals surface area contributed by atoms with Gasteiger partial charge >= 0.3 is 0 Å². The van der Waals surface area contributed by atoms with Gasteiger partial charge in [-0.1, -0.05) is 36.0 Å². The second-order valence-electron chi connectivity index (χ2n) is 7.00. The fraction of sp³-hybridized carbons (Fsp3) is 0.318. The van der Waals surface area contributed by atoms with E-state index in [4.69, 9.17) is 9.47 Å². The minimum Gasteiger partial charge on any atom is -0.486 e. The molecule has 2 aromatic rings. The first-order valence-corrected chi connectivity index (χ1v) is 10.8. The molecule has 0 aromatic heterocycles. The van der Waals surface area contributed by atoms with Crippen LogP contribution in [0.3, 0.4) is 0 Å². The maximum Gasteiger partial charge on any atom is 0.289 e. The molecule has 0 saturated carbocycles. The molecule has 2 aromatic carbocycles. The topological polar surface area (TPSA) is 76.2 Å². The lowest BCUT2D eigenvalue weighted by molar-refractivity contribution is -0.125. The minimum atomic E-state index is -0.247. The van der Waals surface area contributed by atoms with Crippen molar-refractivity contribution in [3.63, 3.8) is 0 Å². The highest BCUT2D eigenvalue weighted by Crippen LogP contribution is 2.34. The Balaban J connectivity index is 1.52. The van der Waals surface area contributed by atoms with E-state index in [2.05, 4.69) is 0 Å². The molecule has 1 saturated heterocycles. The van der Waals surface area contributed by atoms with Gasteiger partial charge in [-0.3, -0.25) is 19.3 Å². The average Bonchev–Trinajstić information content (AvgIpc) is 3.09. The number of carbonyl (C=O) groups excluding carboxylic acids is 3.